The molecule has 1 aromatic heterocycles. The van der Waals surface area contributed by atoms with Crippen LogP contribution in [0.15, 0.2) is 0 Å². The lowest BCUT2D eigenvalue weighted by Gasteiger charge is -2.18. The number of nitrogens with two attached hydrogens (primary N) is 1. The zero-order valence-electron chi connectivity index (χ0n) is 12.6. The van der Waals surface area contributed by atoms with E-state index in [1.807, 2.05) is 7.05 Å². The van der Waals surface area contributed by atoms with E-state index in [0.29, 0.717) is 23.1 Å². The van der Waals surface area contributed by atoms with Crippen molar-refractivity contribution in [2.24, 2.45) is 0 Å². The molecule has 1 amide bonds. The smallest absolute Gasteiger partial charge is 0.265 e. The molecule has 1 aliphatic rings. The number of nitrogen functional groups attached to an aromatic ring is 1. The number of nitrogens with zero attached hydrogens (tertiary/aromatic N) is 2. The van der Waals surface area contributed by atoms with Gasteiger partial charge < -0.3 is 20.3 Å². The van der Waals surface area contributed by atoms with E-state index in [0.717, 1.165) is 11.5 Å². The molecule has 0 saturated heterocycles. The molecule has 112 valence electrons. The maximum Gasteiger partial charge on any atom is 0.265 e. The van der Waals surface area contributed by atoms with Crippen molar-refractivity contribution >= 4 is 27.9 Å². The van der Waals surface area contributed by atoms with Gasteiger partial charge in [0.1, 0.15) is 4.88 Å². The molecule has 0 unspecified atom stereocenters. The molecule has 2 rings (SSSR count). The number of carbonyl (C=O) groups is 1. The maximum atomic E-state index is 12.2. The summed E-state index contributed by atoms with van der Waals surface area (Å²) in [6.45, 7) is 1.46. The quantitative estimate of drug-likeness (QED) is 0.872. The van der Waals surface area contributed by atoms with Crippen LogP contribution in [0.1, 0.15) is 34.0 Å². The lowest BCUT2D eigenvalue weighted by Crippen LogP contribution is -2.22. The SMILES string of the molecule is COCCN(C)c1sc(C(=O)N(C)C)c(N)c1C1CC1. The van der Waals surface area contributed by atoms with Crippen LogP contribution in [0.4, 0.5) is 10.7 Å². The Bertz CT molecular complexity index is 495. The van der Waals surface area contributed by atoms with E-state index in [4.69, 9.17) is 10.5 Å². The predicted octanol–water partition coefficient (Wildman–Crippen LogP) is 1.99. The second kappa shape index (κ2) is 6.01. The molecule has 0 atom stereocenters. The minimum atomic E-state index is -0.0132. The number of rotatable bonds is 6. The van der Waals surface area contributed by atoms with Crippen molar-refractivity contribution in [3.05, 3.63) is 10.4 Å². The summed E-state index contributed by atoms with van der Waals surface area (Å²) in [5, 5.41) is 1.12. The highest BCUT2D eigenvalue weighted by molar-refractivity contribution is 7.18. The number of thiophene rings is 1. The first-order chi connectivity index (χ1) is 9.47. The molecular formula is C14H23N3O2S. The van der Waals surface area contributed by atoms with Gasteiger partial charge in [-0.1, -0.05) is 0 Å². The Morgan fingerprint density at radius 3 is 2.55 bits per heavy atom. The van der Waals surface area contributed by atoms with E-state index >= 15 is 0 Å². The van der Waals surface area contributed by atoms with E-state index in [1.165, 1.54) is 29.7 Å². The second-order valence-electron chi connectivity index (χ2n) is 5.45. The van der Waals surface area contributed by atoms with Gasteiger partial charge in [-0.3, -0.25) is 4.79 Å². The average molecular weight is 297 g/mol. The predicted molar refractivity (Wildman–Crippen MR) is 83.9 cm³/mol. The Balaban J connectivity index is 2.35. The zero-order chi connectivity index (χ0) is 14.9. The summed E-state index contributed by atoms with van der Waals surface area (Å²) >= 11 is 1.50. The largest absolute Gasteiger partial charge is 0.397 e. The molecular weight excluding hydrogens is 274 g/mol. The number of methoxy groups -OCH3 is 1. The van der Waals surface area contributed by atoms with Crippen molar-refractivity contribution in [3.63, 3.8) is 0 Å². The van der Waals surface area contributed by atoms with Gasteiger partial charge in [-0.15, -0.1) is 11.3 Å². The minimum Gasteiger partial charge on any atom is -0.397 e. The molecule has 1 aromatic rings. The second-order valence-corrected chi connectivity index (χ2v) is 6.45. The van der Waals surface area contributed by atoms with Crippen molar-refractivity contribution in [2.45, 2.75) is 18.8 Å². The van der Waals surface area contributed by atoms with Crippen LogP contribution in [0.2, 0.25) is 0 Å². The number of ether oxygens (including phenoxy) is 1. The number of hydrogen-bond acceptors (Lipinski definition) is 5. The zero-order valence-corrected chi connectivity index (χ0v) is 13.4. The van der Waals surface area contributed by atoms with E-state index in [-0.39, 0.29) is 5.91 Å². The summed E-state index contributed by atoms with van der Waals surface area (Å²) in [4.78, 5) is 16.6. The number of carbonyl (C=O) groups excluding carboxylic acids is 1. The summed E-state index contributed by atoms with van der Waals surface area (Å²) in [5.41, 5.74) is 8.10. The fourth-order valence-corrected chi connectivity index (χ4v) is 3.50. The van der Waals surface area contributed by atoms with E-state index in [9.17, 15) is 4.79 Å². The van der Waals surface area contributed by atoms with Crippen LogP contribution in [0, 0.1) is 0 Å². The highest BCUT2D eigenvalue weighted by Crippen LogP contribution is 2.51. The third kappa shape index (κ3) is 2.91. The van der Waals surface area contributed by atoms with Crippen molar-refractivity contribution in [3.8, 4) is 0 Å². The molecule has 1 heterocycles. The summed E-state index contributed by atoms with van der Waals surface area (Å²) in [6, 6.07) is 0. The molecule has 5 nitrogen and oxygen atoms in total. The van der Waals surface area contributed by atoms with Crippen LogP contribution in [-0.2, 0) is 4.74 Å². The van der Waals surface area contributed by atoms with Crippen LogP contribution < -0.4 is 10.6 Å². The monoisotopic (exact) mass is 297 g/mol. The Labute approximate surface area is 124 Å². The van der Waals surface area contributed by atoms with E-state index < -0.39 is 0 Å². The Hall–Kier alpha value is -1.27. The average Bonchev–Trinajstić information content (AvgIpc) is 3.18. The fourth-order valence-electron chi connectivity index (χ4n) is 2.19. The van der Waals surface area contributed by atoms with Crippen molar-refractivity contribution in [2.75, 3.05) is 52.0 Å². The van der Waals surface area contributed by atoms with Crippen molar-refractivity contribution < 1.29 is 9.53 Å². The summed E-state index contributed by atoms with van der Waals surface area (Å²) in [6.07, 6.45) is 2.34. The third-order valence-electron chi connectivity index (χ3n) is 3.53. The molecule has 0 aliphatic heterocycles. The first kappa shape index (κ1) is 15.1. The number of anilines is 2. The third-order valence-corrected chi connectivity index (χ3v) is 4.85. The summed E-state index contributed by atoms with van der Waals surface area (Å²) in [7, 11) is 7.23. The van der Waals surface area contributed by atoms with Gasteiger partial charge >= 0.3 is 0 Å². The molecule has 6 heteroatoms. The lowest BCUT2D eigenvalue weighted by atomic mass is 10.1. The highest BCUT2D eigenvalue weighted by Gasteiger charge is 2.34. The molecule has 1 fully saturated rings. The van der Waals surface area contributed by atoms with Crippen LogP contribution in [-0.4, -0.2) is 52.2 Å². The summed E-state index contributed by atoms with van der Waals surface area (Å²) < 4.78 is 5.13. The molecule has 1 saturated carbocycles. The number of likely N-dealkylation sites (N-methyl/N-ethyl adjacent to an activating group) is 1. The standard InChI is InChI=1S/C14H23N3O2S/c1-16(2)13(18)12-11(15)10(9-5-6-9)14(20-12)17(3)7-8-19-4/h9H,5-8,15H2,1-4H3. The van der Waals surface area contributed by atoms with Crippen molar-refractivity contribution in [1.82, 2.24) is 4.90 Å². The fraction of sp³-hybridized carbons (Fsp3) is 0.643. The Morgan fingerprint density at radius 1 is 1.40 bits per heavy atom. The topological polar surface area (TPSA) is 58.8 Å². The van der Waals surface area contributed by atoms with Crippen LogP contribution in [0.3, 0.4) is 0 Å². The molecule has 2 N–H and O–H groups in total. The molecule has 0 bridgehead atoms. The normalized spacial score (nSPS) is 14.4. The molecule has 0 spiro atoms. The van der Waals surface area contributed by atoms with Gasteiger partial charge in [0.15, 0.2) is 0 Å². The van der Waals surface area contributed by atoms with Gasteiger partial charge in [0.05, 0.1) is 17.3 Å². The molecule has 1 aliphatic carbocycles. The number of amides is 1. The molecule has 0 aromatic carbocycles. The summed E-state index contributed by atoms with van der Waals surface area (Å²) in [5.74, 6) is 0.510. The highest BCUT2D eigenvalue weighted by atomic mass is 32.1. The van der Waals surface area contributed by atoms with Gasteiger partial charge in [-0.2, -0.15) is 0 Å². The minimum absolute atomic E-state index is 0.0132. The van der Waals surface area contributed by atoms with Gasteiger partial charge in [0, 0.05) is 40.4 Å². The van der Waals surface area contributed by atoms with Crippen LogP contribution >= 0.6 is 11.3 Å². The first-order valence-electron chi connectivity index (χ1n) is 6.81. The van der Waals surface area contributed by atoms with Gasteiger partial charge in [0.25, 0.3) is 5.91 Å². The van der Waals surface area contributed by atoms with Gasteiger partial charge in [-0.05, 0) is 18.8 Å². The Morgan fingerprint density at radius 2 is 2.05 bits per heavy atom. The van der Waals surface area contributed by atoms with Gasteiger partial charge in [0.2, 0.25) is 0 Å². The molecule has 20 heavy (non-hydrogen) atoms. The van der Waals surface area contributed by atoms with Gasteiger partial charge in [-0.25, -0.2) is 0 Å². The van der Waals surface area contributed by atoms with Crippen LogP contribution in [0.5, 0.6) is 0 Å². The first-order valence-corrected chi connectivity index (χ1v) is 7.62. The maximum absolute atomic E-state index is 12.2. The van der Waals surface area contributed by atoms with E-state index in [1.54, 1.807) is 26.1 Å². The van der Waals surface area contributed by atoms with Crippen molar-refractivity contribution in [1.29, 1.82) is 0 Å². The molecule has 0 radical (unpaired) electrons. The lowest BCUT2D eigenvalue weighted by molar-refractivity contribution is 0.0833. The number of hydrogen-bond donors (Lipinski definition) is 1. The van der Waals surface area contributed by atoms with Crippen LogP contribution in [0.25, 0.3) is 0 Å². The van der Waals surface area contributed by atoms with E-state index in [2.05, 4.69) is 4.90 Å². The Kier molecular flexibility index (Phi) is 4.55.